The molecule has 21 heavy (non-hydrogen) atoms. The van der Waals surface area contributed by atoms with Crippen molar-refractivity contribution in [1.82, 2.24) is 20.2 Å². The van der Waals surface area contributed by atoms with Crippen LogP contribution in [-0.4, -0.2) is 39.2 Å². The van der Waals surface area contributed by atoms with Gasteiger partial charge in [-0.25, -0.2) is 9.97 Å². The average molecular weight is 307 g/mol. The van der Waals surface area contributed by atoms with E-state index in [-0.39, 0.29) is 16.6 Å². The molecule has 110 valence electrons. The number of carbonyl (C=O) groups excluding carboxylic acids is 1. The maximum Gasteiger partial charge on any atom is 0.276 e. The van der Waals surface area contributed by atoms with Gasteiger partial charge in [0.1, 0.15) is 0 Å². The van der Waals surface area contributed by atoms with Crippen molar-refractivity contribution in [2.24, 2.45) is 0 Å². The van der Waals surface area contributed by atoms with Gasteiger partial charge in [-0.1, -0.05) is 11.6 Å². The zero-order valence-corrected chi connectivity index (χ0v) is 12.1. The largest absolute Gasteiger partial charge is 0.341 e. The fraction of sp³-hybridized carbons (Fsp3) is 0.385. The van der Waals surface area contributed by atoms with Crippen molar-refractivity contribution in [2.75, 3.05) is 23.3 Å². The number of aromatic amines is 1. The van der Waals surface area contributed by atoms with E-state index in [2.05, 4.69) is 30.4 Å². The standard InChI is InChI=1S/C13H15ClN6O/c14-10-8-15-13(20-4-2-1-3-5-20)19-11(10)12(21)18-9-6-16-17-7-9/h6-8H,1-5H2,(H,16,17)(H,18,21). The van der Waals surface area contributed by atoms with Crippen LogP contribution in [0.4, 0.5) is 11.6 Å². The van der Waals surface area contributed by atoms with Gasteiger partial charge in [0.25, 0.3) is 5.91 Å². The zero-order chi connectivity index (χ0) is 14.7. The molecule has 1 aliphatic heterocycles. The Morgan fingerprint density at radius 2 is 2.10 bits per heavy atom. The van der Waals surface area contributed by atoms with Crippen LogP contribution >= 0.6 is 11.6 Å². The molecule has 3 heterocycles. The van der Waals surface area contributed by atoms with Crippen molar-refractivity contribution in [3.05, 3.63) is 29.3 Å². The van der Waals surface area contributed by atoms with E-state index in [1.54, 1.807) is 6.20 Å². The first-order valence-corrected chi connectivity index (χ1v) is 7.19. The van der Waals surface area contributed by atoms with Crippen LogP contribution in [0.5, 0.6) is 0 Å². The lowest BCUT2D eigenvalue weighted by Gasteiger charge is -2.26. The van der Waals surface area contributed by atoms with Crippen molar-refractivity contribution in [2.45, 2.75) is 19.3 Å². The third kappa shape index (κ3) is 3.13. The highest BCUT2D eigenvalue weighted by atomic mass is 35.5. The van der Waals surface area contributed by atoms with Gasteiger partial charge in [-0.05, 0) is 19.3 Å². The molecule has 0 bridgehead atoms. The van der Waals surface area contributed by atoms with E-state index < -0.39 is 0 Å². The third-order valence-electron chi connectivity index (χ3n) is 3.34. The molecular weight excluding hydrogens is 292 g/mol. The van der Waals surface area contributed by atoms with Crippen molar-refractivity contribution in [1.29, 1.82) is 0 Å². The lowest BCUT2D eigenvalue weighted by molar-refractivity contribution is 0.102. The molecule has 8 heteroatoms. The maximum atomic E-state index is 12.2. The first kappa shape index (κ1) is 13.8. The summed E-state index contributed by atoms with van der Waals surface area (Å²) in [6, 6.07) is 0. The fourth-order valence-corrected chi connectivity index (χ4v) is 2.45. The van der Waals surface area contributed by atoms with Crippen molar-refractivity contribution >= 4 is 29.1 Å². The smallest absolute Gasteiger partial charge is 0.276 e. The number of carbonyl (C=O) groups is 1. The molecule has 0 unspecified atom stereocenters. The Morgan fingerprint density at radius 1 is 1.29 bits per heavy atom. The average Bonchev–Trinajstić information content (AvgIpc) is 3.01. The molecule has 2 aromatic rings. The summed E-state index contributed by atoms with van der Waals surface area (Å²) in [6.07, 6.45) is 8.02. The van der Waals surface area contributed by atoms with Gasteiger partial charge < -0.3 is 10.2 Å². The SMILES string of the molecule is O=C(Nc1cn[nH]c1)c1nc(N2CCCCC2)ncc1Cl. The van der Waals surface area contributed by atoms with E-state index in [9.17, 15) is 4.79 Å². The Kier molecular flexibility index (Phi) is 4.01. The van der Waals surface area contributed by atoms with Gasteiger partial charge in [-0.15, -0.1) is 0 Å². The first-order chi connectivity index (χ1) is 10.2. The monoisotopic (exact) mass is 306 g/mol. The number of piperidine rings is 1. The first-order valence-electron chi connectivity index (χ1n) is 6.81. The second-order valence-electron chi connectivity index (χ2n) is 4.86. The number of nitrogens with one attached hydrogen (secondary N) is 2. The van der Waals surface area contributed by atoms with Crippen molar-refractivity contribution < 1.29 is 4.79 Å². The Balaban J connectivity index is 1.81. The van der Waals surface area contributed by atoms with Crippen molar-refractivity contribution in [3.8, 4) is 0 Å². The van der Waals surface area contributed by atoms with Gasteiger partial charge >= 0.3 is 0 Å². The summed E-state index contributed by atoms with van der Waals surface area (Å²) in [5, 5.41) is 9.31. The Hall–Kier alpha value is -2.15. The van der Waals surface area contributed by atoms with Gasteiger partial charge in [0.05, 0.1) is 23.1 Å². The normalized spacial score (nSPS) is 15.0. The highest BCUT2D eigenvalue weighted by Gasteiger charge is 2.19. The highest BCUT2D eigenvalue weighted by molar-refractivity contribution is 6.34. The van der Waals surface area contributed by atoms with Crippen molar-refractivity contribution in [3.63, 3.8) is 0 Å². The third-order valence-corrected chi connectivity index (χ3v) is 3.62. The van der Waals surface area contributed by atoms with Crippen LogP contribution in [0.2, 0.25) is 5.02 Å². The molecule has 2 aromatic heterocycles. The number of nitrogens with zero attached hydrogens (tertiary/aromatic N) is 4. The molecule has 0 aromatic carbocycles. The topological polar surface area (TPSA) is 86.8 Å². The lowest BCUT2D eigenvalue weighted by atomic mass is 10.1. The minimum absolute atomic E-state index is 0.174. The van der Waals surface area contributed by atoms with Crippen LogP contribution in [0, 0.1) is 0 Å². The predicted octanol–water partition coefficient (Wildman–Crippen LogP) is 2.10. The summed E-state index contributed by atoms with van der Waals surface area (Å²) in [4.78, 5) is 22.8. The summed E-state index contributed by atoms with van der Waals surface area (Å²) in [5.41, 5.74) is 0.739. The van der Waals surface area contributed by atoms with E-state index in [0.717, 1.165) is 25.9 Å². The quantitative estimate of drug-likeness (QED) is 0.906. The van der Waals surface area contributed by atoms with Gasteiger partial charge in [0.15, 0.2) is 5.69 Å². The van der Waals surface area contributed by atoms with E-state index in [1.807, 2.05) is 0 Å². The molecule has 0 saturated carbocycles. The van der Waals surface area contributed by atoms with Gasteiger partial charge in [-0.2, -0.15) is 5.10 Å². The van der Waals surface area contributed by atoms with Crippen LogP contribution in [0.3, 0.4) is 0 Å². The molecule has 1 aliphatic rings. The molecule has 0 aliphatic carbocycles. The van der Waals surface area contributed by atoms with Gasteiger partial charge in [0.2, 0.25) is 5.95 Å². The summed E-state index contributed by atoms with van der Waals surface area (Å²) in [6.45, 7) is 1.81. The van der Waals surface area contributed by atoms with Gasteiger partial charge in [-0.3, -0.25) is 9.89 Å². The summed E-state index contributed by atoms with van der Waals surface area (Å²) < 4.78 is 0. The Morgan fingerprint density at radius 3 is 2.81 bits per heavy atom. The number of hydrogen-bond donors (Lipinski definition) is 2. The van der Waals surface area contributed by atoms with Crippen LogP contribution < -0.4 is 10.2 Å². The second-order valence-corrected chi connectivity index (χ2v) is 5.26. The number of amides is 1. The zero-order valence-electron chi connectivity index (χ0n) is 11.3. The summed E-state index contributed by atoms with van der Waals surface area (Å²) >= 11 is 6.04. The molecule has 3 rings (SSSR count). The van der Waals surface area contributed by atoms with Gasteiger partial charge in [0, 0.05) is 19.3 Å². The summed E-state index contributed by atoms with van der Waals surface area (Å²) in [7, 11) is 0. The second kappa shape index (κ2) is 6.09. The maximum absolute atomic E-state index is 12.2. The number of rotatable bonds is 3. The number of H-pyrrole nitrogens is 1. The summed E-state index contributed by atoms with van der Waals surface area (Å²) in [5.74, 6) is 0.179. The number of hydrogen-bond acceptors (Lipinski definition) is 5. The number of halogens is 1. The minimum Gasteiger partial charge on any atom is -0.341 e. The highest BCUT2D eigenvalue weighted by Crippen LogP contribution is 2.20. The molecule has 1 saturated heterocycles. The molecule has 0 radical (unpaired) electrons. The number of aromatic nitrogens is 4. The minimum atomic E-state index is -0.373. The van der Waals surface area contributed by atoms with E-state index >= 15 is 0 Å². The Labute approximate surface area is 126 Å². The van der Waals surface area contributed by atoms with E-state index in [1.165, 1.54) is 18.8 Å². The van der Waals surface area contributed by atoms with E-state index in [0.29, 0.717) is 11.6 Å². The molecule has 1 amide bonds. The molecule has 0 atom stereocenters. The molecule has 1 fully saturated rings. The Bertz CT molecular complexity index is 624. The predicted molar refractivity (Wildman–Crippen MR) is 79.6 cm³/mol. The van der Waals surface area contributed by atoms with Crippen LogP contribution in [0.1, 0.15) is 29.8 Å². The molecule has 7 nitrogen and oxygen atoms in total. The fourth-order valence-electron chi connectivity index (χ4n) is 2.27. The lowest BCUT2D eigenvalue weighted by Crippen LogP contribution is -2.31. The number of anilines is 2. The molecular formula is C13H15ClN6O. The van der Waals surface area contributed by atoms with E-state index in [4.69, 9.17) is 11.6 Å². The van der Waals surface area contributed by atoms with Crippen LogP contribution in [0.15, 0.2) is 18.6 Å². The molecule has 2 N–H and O–H groups in total. The van der Waals surface area contributed by atoms with Crippen LogP contribution in [-0.2, 0) is 0 Å². The molecule has 0 spiro atoms. The van der Waals surface area contributed by atoms with Crippen LogP contribution in [0.25, 0.3) is 0 Å².